The van der Waals surface area contributed by atoms with Gasteiger partial charge in [0.2, 0.25) is 11.8 Å². The Bertz CT molecular complexity index is 2290. The zero-order valence-corrected chi connectivity index (χ0v) is 30.9. The van der Waals surface area contributed by atoms with Gasteiger partial charge in [0.05, 0.1) is 5.52 Å². The fraction of sp³-hybridized carbons (Fsp3) is 0.326. The van der Waals surface area contributed by atoms with Gasteiger partial charge in [-0.15, -0.1) is 0 Å². The fourth-order valence-electron chi connectivity index (χ4n) is 8.68. The van der Waals surface area contributed by atoms with Crippen LogP contribution in [0.3, 0.4) is 0 Å². The van der Waals surface area contributed by atoms with Gasteiger partial charge in [-0.25, -0.2) is 4.98 Å². The van der Waals surface area contributed by atoms with Gasteiger partial charge in [0.15, 0.2) is 0 Å². The Morgan fingerprint density at radius 1 is 0.873 bits per heavy atom. The van der Waals surface area contributed by atoms with Crippen LogP contribution >= 0.6 is 0 Å². The van der Waals surface area contributed by atoms with Gasteiger partial charge in [-0.1, -0.05) is 36.4 Å². The Kier molecular flexibility index (Phi) is 9.15. The van der Waals surface area contributed by atoms with Gasteiger partial charge < -0.3 is 20.1 Å². The van der Waals surface area contributed by atoms with Gasteiger partial charge in [0.25, 0.3) is 11.8 Å². The molecule has 12 nitrogen and oxygen atoms in total. The molecule has 1 unspecified atom stereocenters. The number of hydrogen-bond acceptors (Lipinski definition) is 8. The van der Waals surface area contributed by atoms with E-state index in [-0.39, 0.29) is 24.1 Å². The first-order chi connectivity index (χ1) is 26.8. The largest absolute Gasteiger partial charge is 0.369 e. The highest BCUT2D eigenvalue weighted by atomic mass is 16.2. The highest BCUT2D eigenvalue weighted by Crippen LogP contribution is 2.35. The maximum Gasteiger partial charge on any atom is 0.256 e. The van der Waals surface area contributed by atoms with Crippen LogP contribution in [0.2, 0.25) is 0 Å². The molecular formula is C43H44N8O4. The molecule has 0 saturated carbocycles. The van der Waals surface area contributed by atoms with Crippen molar-refractivity contribution in [1.29, 1.82) is 0 Å². The van der Waals surface area contributed by atoms with Gasteiger partial charge in [0, 0.05) is 91.9 Å². The Balaban J connectivity index is 0.779. The summed E-state index contributed by atoms with van der Waals surface area (Å²) in [7, 11) is 2.16. The van der Waals surface area contributed by atoms with Crippen LogP contribution in [0, 0.1) is 0 Å². The van der Waals surface area contributed by atoms with E-state index in [0.717, 1.165) is 79.0 Å². The number of nitrogens with one attached hydrogen (secondary N) is 3. The third-order valence-corrected chi connectivity index (χ3v) is 11.8. The van der Waals surface area contributed by atoms with Crippen molar-refractivity contribution >= 4 is 46.0 Å². The Hall–Kier alpha value is -5.85. The van der Waals surface area contributed by atoms with Crippen molar-refractivity contribution in [1.82, 2.24) is 30.0 Å². The molecule has 2 aromatic heterocycles. The molecule has 9 rings (SSSR count). The lowest BCUT2D eigenvalue weighted by atomic mass is 9.96. The molecule has 0 bridgehead atoms. The van der Waals surface area contributed by atoms with E-state index >= 15 is 0 Å². The maximum absolute atomic E-state index is 13.3. The van der Waals surface area contributed by atoms with Crippen LogP contribution in [0.4, 0.5) is 11.5 Å². The number of piperazine rings is 1. The van der Waals surface area contributed by atoms with E-state index in [9.17, 15) is 19.2 Å². The van der Waals surface area contributed by atoms with Crippen molar-refractivity contribution in [3.05, 3.63) is 113 Å². The first-order valence-electron chi connectivity index (χ1n) is 19.2. The normalized spacial score (nSPS) is 20.6. The lowest BCUT2D eigenvalue weighted by Crippen LogP contribution is -2.52. The third-order valence-electron chi connectivity index (χ3n) is 11.8. The second-order valence-electron chi connectivity index (χ2n) is 15.2. The number of fused-ring (bicyclic) bond motifs is 2. The van der Waals surface area contributed by atoms with E-state index < -0.39 is 11.9 Å². The van der Waals surface area contributed by atoms with Crippen molar-refractivity contribution in [2.24, 2.45) is 0 Å². The molecule has 3 saturated heterocycles. The summed E-state index contributed by atoms with van der Waals surface area (Å²) in [4.78, 5) is 67.5. The molecule has 4 aliphatic rings. The monoisotopic (exact) mass is 736 g/mol. The molecule has 0 radical (unpaired) electrons. The number of likely N-dealkylation sites (tertiary alicyclic amines) is 1. The topological polar surface area (TPSA) is 134 Å². The summed E-state index contributed by atoms with van der Waals surface area (Å²) in [5.41, 5.74) is 8.62. The molecular weight excluding hydrogens is 693 g/mol. The van der Waals surface area contributed by atoms with Crippen LogP contribution in [-0.4, -0.2) is 94.1 Å². The predicted octanol–water partition coefficient (Wildman–Crippen LogP) is 5.33. The van der Waals surface area contributed by atoms with Crippen LogP contribution < -0.4 is 15.5 Å². The van der Waals surface area contributed by atoms with Crippen molar-refractivity contribution in [3.63, 3.8) is 0 Å². The molecule has 3 N–H and O–H groups in total. The van der Waals surface area contributed by atoms with Crippen LogP contribution in [0.5, 0.6) is 0 Å². The van der Waals surface area contributed by atoms with Gasteiger partial charge in [-0.05, 0) is 91.5 Å². The number of hydrogen-bond donors (Lipinski definition) is 3. The number of carbonyl (C=O) groups is 4. The molecule has 0 aliphatic carbocycles. The maximum atomic E-state index is 13.3. The number of aromatic amines is 1. The van der Waals surface area contributed by atoms with E-state index in [4.69, 9.17) is 0 Å². The summed E-state index contributed by atoms with van der Waals surface area (Å²) < 4.78 is 0. The highest BCUT2D eigenvalue weighted by Gasteiger charge is 2.40. The number of anilines is 2. The van der Waals surface area contributed by atoms with Crippen molar-refractivity contribution in [2.45, 2.75) is 50.9 Å². The Morgan fingerprint density at radius 3 is 2.40 bits per heavy atom. The van der Waals surface area contributed by atoms with E-state index in [0.29, 0.717) is 36.0 Å². The number of rotatable bonds is 8. The highest BCUT2D eigenvalue weighted by molar-refractivity contribution is 6.06. The minimum Gasteiger partial charge on any atom is -0.369 e. The average molecular weight is 737 g/mol. The molecule has 3 aromatic carbocycles. The summed E-state index contributed by atoms with van der Waals surface area (Å²) in [5.74, 6) is -0.510. The number of nitrogens with zero attached hydrogens (tertiary/aromatic N) is 5. The molecule has 6 heterocycles. The molecule has 3 fully saturated rings. The van der Waals surface area contributed by atoms with Gasteiger partial charge in [-0.2, -0.15) is 0 Å². The first kappa shape index (κ1) is 34.9. The summed E-state index contributed by atoms with van der Waals surface area (Å²) in [6.07, 6.45) is 4.74. The summed E-state index contributed by atoms with van der Waals surface area (Å²) in [6.45, 7) is 5.89. The molecule has 4 amide bonds. The van der Waals surface area contributed by atoms with Crippen LogP contribution in [-0.2, 0) is 22.7 Å². The molecule has 5 aromatic rings. The smallest absolute Gasteiger partial charge is 0.256 e. The quantitative estimate of drug-likeness (QED) is 0.182. The number of H-pyrrole nitrogens is 1. The van der Waals surface area contributed by atoms with E-state index in [2.05, 4.69) is 72.7 Å². The SMILES string of the molecule is CN1CCC[C@@H]1c1cc2cnc(NC(=O)c3ccc(N4CCN(Cc5ccc(-c6cccc7c6CN(C6CCC(=O)NC6=O)C7=O)cc5)CC4)cc3)cc2[nH]1. The Labute approximate surface area is 319 Å². The van der Waals surface area contributed by atoms with Crippen molar-refractivity contribution in [2.75, 3.05) is 50.0 Å². The minimum atomic E-state index is -0.633. The first-order valence-corrected chi connectivity index (χ1v) is 19.2. The minimum absolute atomic E-state index is 0.163. The van der Waals surface area contributed by atoms with Crippen LogP contribution in [0.25, 0.3) is 22.0 Å². The predicted molar refractivity (Wildman–Crippen MR) is 211 cm³/mol. The lowest BCUT2D eigenvalue weighted by molar-refractivity contribution is -0.136. The number of carbonyl (C=O) groups excluding carboxylic acids is 4. The van der Waals surface area contributed by atoms with E-state index in [1.54, 1.807) is 4.90 Å². The van der Waals surface area contributed by atoms with Gasteiger partial charge in [0.1, 0.15) is 11.9 Å². The van der Waals surface area contributed by atoms with Gasteiger partial charge >= 0.3 is 0 Å². The summed E-state index contributed by atoms with van der Waals surface area (Å²) in [6, 6.07) is 25.9. The molecule has 4 aliphatic heterocycles. The second kappa shape index (κ2) is 14.4. The van der Waals surface area contributed by atoms with Crippen LogP contribution in [0.1, 0.15) is 69.3 Å². The van der Waals surface area contributed by atoms with Crippen molar-refractivity contribution in [3.8, 4) is 11.1 Å². The zero-order valence-electron chi connectivity index (χ0n) is 30.9. The zero-order chi connectivity index (χ0) is 37.6. The fourth-order valence-corrected chi connectivity index (χ4v) is 8.68. The number of aromatic nitrogens is 2. The van der Waals surface area contributed by atoms with E-state index in [1.165, 1.54) is 17.7 Å². The average Bonchev–Trinajstić information content (AvgIpc) is 3.92. The van der Waals surface area contributed by atoms with Gasteiger partial charge in [-0.3, -0.25) is 34.3 Å². The number of pyridine rings is 1. The number of piperidine rings is 1. The number of imide groups is 1. The summed E-state index contributed by atoms with van der Waals surface area (Å²) >= 11 is 0. The third kappa shape index (κ3) is 6.87. The molecule has 12 heteroatoms. The number of benzene rings is 3. The molecule has 0 spiro atoms. The second-order valence-corrected chi connectivity index (χ2v) is 15.2. The Morgan fingerprint density at radius 2 is 1.65 bits per heavy atom. The molecule has 280 valence electrons. The molecule has 2 atom stereocenters. The van der Waals surface area contributed by atoms with Crippen molar-refractivity contribution < 1.29 is 19.2 Å². The molecule has 55 heavy (non-hydrogen) atoms. The summed E-state index contributed by atoms with van der Waals surface area (Å²) in [5, 5.41) is 6.39. The lowest BCUT2D eigenvalue weighted by Gasteiger charge is -2.36. The van der Waals surface area contributed by atoms with E-state index in [1.807, 2.05) is 54.7 Å². The standard InChI is InChI=1S/C43H44N8O4/c1-48-17-3-6-37(48)36-22-30-24-44-39(23-35(30)45-36)46-41(53)29-11-13-31(14-12-29)50-20-18-49(19-21-50)25-27-7-9-28(10-8-27)32-4-2-5-33-34(32)26-51(43(33)55)38-15-16-40(52)47-42(38)54/h2,4-5,7-14,22-24,37-38,45H,3,6,15-21,25-26H2,1H3,(H,44,46,53)(H,47,52,54)/t37-,38?/m1/s1. The number of amides is 4. The van der Waals surface area contributed by atoms with Crippen LogP contribution in [0.15, 0.2) is 85.1 Å².